The van der Waals surface area contributed by atoms with Crippen molar-refractivity contribution in [3.63, 3.8) is 0 Å². The molecule has 0 bridgehead atoms. The van der Waals surface area contributed by atoms with Crippen molar-refractivity contribution in [3.05, 3.63) is 0 Å². The summed E-state index contributed by atoms with van der Waals surface area (Å²) in [4.78, 5) is 0. The fourth-order valence-electron chi connectivity index (χ4n) is 2.35. The molecule has 0 N–H and O–H groups in total. The summed E-state index contributed by atoms with van der Waals surface area (Å²) in [7, 11) is -1.95. The van der Waals surface area contributed by atoms with E-state index in [9.17, 15) is 0 Å². The van der Waals surface area contributed by atoms with Gasteiger partial charge < -0.3 is 8.85 Å². The van der Waals surface area contributed by atoms with Gasteiger partial charge in [-0.2, -0.15) is 0 Å². The molecule has 0 aromatic carbocycles. The van der Waals surface area contributed by atoms with E-state index < -0.39 is 8.56 Å². The third-order valence-corrected chi connectivity index (χ3v) is 7.69. The first kappa shape index (κ1) is 15.2. The Balaban J connectivity index is 2.70. The molecule has 0 aliphatic heterocycles. The van der Waals surface area contributed by atoms with Gasteiger partial charge in [0.2, 0.25) is 0 Å². The van der Waals surface area contributed by atoms with Gasteiger partial charge in [-0.3, -0.25) is 0 Å². The molecular formula is C14H30O2Si. The average molecular weight is 258 g/mol. The van der Waals surface area contributed by atoms with Gasteiger partial charge in [0, 0.05) is 17.7 Å². The molecule has 0 heterocycles. The van der Waals surface area contributed by atoms with E-state index in [0.29, 0.717) is 12.2 Å². The van der Waals surface area contributed by atoms with Crippen molar-refractivity contribution in [1.82, 2.24) is 0 Å². The van der Waals surface area contributed by atoms with Gasteiger partial charge in [0.05, 0.1) is 0 Å². The van der Waals surface area contributed by atoms with Gasteiger partial charge in [0.15, 0.2) is 0 Å². The predicted octanol–water partition coefficient (Wildman–Crippen LogP) is 4.49. The van der Waals surface area contributed by atoms with Crippen LogP contribution in [0, 0.1) is 5.92 Å². The summed E-state index contributed by atoms with van der Waals surface area (Å²) >= 11 is 0. The average Bonchev–Trinajstić information content (AvgIpc) is 2.95. The van der Waals surface area contributed by atoms with E-state index >= 15 is 0 Å². The van der Waals surface area contributed by atoms with Crippen LogP contribution in [0.15, 0.2) is 0 Å². The van der Waals surface area contributed by atoms with Crippen molar-refractivity contribution in [2.75, 3.05) is 0 Å². The Labute approximate surface area is 108 Å². The van der Waals surface area contributed by atoms with Gasteiger partial charge in [-0.1, -0.05) is 13.8 Å². The Bertz CT molecular complexity index is 212. The lowest BCUT2D eigenvalue weighted by Crippen LogP contribution is -2.46. The molecule has 102 valence electrons. The van der Waals surface area contributed by atoms with Crippen LogP contribution in [0.5, 0.6) is 0 Å². The molecule has 1 aliphatic carbocycles. The zero-order valence-electron chi connectivity index (χ0n) is 12.5. The van der Waals surface area contributed by atoms with E-state index in [2.05, 4.69) is 41.5 Å². The summed E-state index contributed by atoms with van der Waals surface area (Å²) in [5, 5.41) is 0. The molecule has 1 rings (SSSR count). The second-order valence-electron chi connectivity index (χ2n) is 6.35. The van der Waals surface area contributed by atoms with Crippen LogP contribution < -0.4 is 0 Å². The van der Waals surface area contributed by atoms with E-state index in [0.717, 1.165) is 11.5 Å². The van der Waals surface area contributed by atoms with Gasteiger partial charge in [-0.25, -0.2) is 0 Å². The van der Waals surface area contributed by atoms with Crippen LogP contribution in [0.4, 0.5) is 0 Å². The molecule has 3 heteroatoms. The molecule has 1 saturated carbocycles. The van der Waals surface area contributed by atoms with E-state index in [-0.39, 0.29) is 0 Å². The van der Waals surface area contributed by atoms with Gasteiger partial charge in [0.25, 0.3) is 0 Å². The standard InChI is InChI=1S/C14H30O2Si/c1-11(2)9-10-17(14-7-8-14,15-12(3)4)16-13(5)6/h11-14H,7-10H2,1-6H3. The lowest BCUT2D eigenvalue weighted by atomic mass is 10.2. The predicted molar refractivity (Wildman–Crippen MR) is 75.4 cm³/mol. The first-order valence-corrected chi connectivity index (χ1v) is 9.31. The molecule has 0 amide bonds. The molecule has 1 aliphatic rings. The van der Waals surface area contributed by atoms with Crippen LogP contribution in [0.2, 0.25) is 11.6 Å². The van der Waals surface area contributed by atoms with E-state index in [1.165, 1.54) is 25.3 Å². The summed E-state index contributed by atoms with van der Waals surface area (Å²) in [6.07, 6.45) is 4.48. The zero-order valence-corrected chi connectivity index (χ0v) is 13.5. The molecule has 0 radical (unpaired) electrons. The van der Waals surface area contributed by atoms with Crippen molar-refractivity contribution in [2.24, 2.45) is 5.92 Å². The molecule has 17 heavy (non-hydrogen) atoms. The second-order valence-corrected chi connectivity index (χ2v) is 9.76. The SMILES string of the molecule is CC(C)CC[Si](OC(C)C)(OC(C)C)C1CC1. The van der Waals surface area contributed by atoms with Crippen LogP contribution in [-0.4, -0.2) is 20.8 Å². The van der Waals surface area contributed by atoms with Gasteiger partial charge in [0.1, 0.15) is 0 Å². The minimum absolute atomic E-state index is 0.299. The Hall–Kier alpha value is 0.137. The van der Waals surface area contributed by atoms with Crippen LogP contribution >= 0.6 is 0 Å². The third kappa shape index (κ3) is 5.10. The molecule has 0 spiro atoms. The molecule has 2 nitrogen and oxygen atoms in total. The monoisotopic (exact) mass is 258 g/mol. The molecule has 0 saturated heterocycles. The maximum absolute atomic E-state index is 6.34. The minimum Gasteiger partial charge on any atom is -0.392 e. The summed E-state index contributed by atoms with van der Waals surface area (Å²) < 4.78 is 12.7. The maximum atomic E-state index is 6.34. The van der Waals surface area contributed by atoms with E-state index in [1.54, 1.807) is 0 Å². The minimum atomic E-state index is -1.95. The lowest BCUT2D eigenvalue weighted by molar-refractivity contribution is 0.101. The maximum Gasteiger partial charge on any atom is 0.341 e. The highest BCUT2D eigenvalue weighted by Crippen LogP contribution is 2.49. The van der Waals surface area contributed by atoms with E-state index in [4.69, 9.17) is 8.85 Å². The Morgan fingerprint density at radius 2 is 1.41 bits per heavy atom. The second kappa shape index (κ2) is 6.35. The number of hydrogen-bond acceptors (Lipinski definition) is 2. The summed E-state index contributed by atoms with van der Waals surface area (Å²) in [6, 6.07) is 1.17. The highest BCUT2D eigenvalue weighted by molar-refractivity contribution is 6.70. The summed E-state index contributed by atoms with van der Waals surface area (Å²) in [5.41, 5.74) is 0.756. The third-order valence-electron chi connectivity index (χ3n) is 3.14. The lowest BCUT2D eigenvalue weighted by Gasteiger charge is -2.35. The molecule has 0 aromatic heterocycles. The van der Waals surface area contributed by atoms with Crippen molar-refractivity contribution < 1.29 is 8.85 Å². The number of hydrogen-bond donors (Lipinski definition) is 0. The number of rotatable bonds is 8. The van der Waals surface area contributed by atoms with Crippen molar-refractivity contribution >= 4 is 8.56 Å². The first-order valence-electron chi connectivity index (χ1n) is 7.21. The Kier molecular flexibility index (Phi) is 5.67. The quantitative estimate of drug-likeness (QED) is 0.597. The zero-order chi connectivity index (χ0) is 13.1. The fraction of sp³-hybridized carbons (Fsp3) is 1.00. The molecular weight excluding hydrogens is 228 g/mol. The van der Waals surface area contributed by atoms with Crippen molar-refractivity contribution in [2.45, 2.75) is 84.6 Å². The first-order chi connectivity index (χ1) is 7.85. The molecule has 0 unspecified atom stereocenters. The smallest absolute Gasteiger partial charge is 0.341 e. The normalized spacial score (nSPS) is 17.5. The van der Waals surface area contributed by atoms with Crippen LogP contribution in [-0.2, 0) is 8.85 Å². The highest BCUT2D eigenvalue weighted by atomic mass is 28.4. The van der Waals surface area contributed by atoms with Crippen LogP contribution in [0.25, 0.3) is 0 Å². The molecule has 0 atom stereocenters. The highest BCUT2D eigenvalue weighted by Gasteiger charge is 2.52. The Morgan fingerprint density at radius 1 is 0.941 bits per heavy atom. The van der Waals surface area contributed by atoms with Crippen molar-refractivity contribution in [3.8, 4) is 0 Å². The van der Waals surface area contributed by atoms with Crippen molar-refractivity contribution in [1.29, 1.82) is 0 Å². The Morgan fingerprint density at radius 3 is 1.71 bits per heavy atom. The topological polar surface area (TPSA) is 18.5 Å². The van der Waals surface area contributed by atoms with Gasteiger partial charge >= 0.3 is 8.56 Å². The van der Waals surface area contributed by atoms with Crippen LogP contribution in [0.3, 0.4) is 0 Å². The molecule has 0 aromatic rings. The largest absolute Gasteiger partial charge is 0.392 e. The summed E-state index contributed by atoms with van der Waals surface area (Å²) in [5.74, 6) is 0.743. The van der Waals surface area contributed by atoms with Gasteiger partial charge in [-0.05, 0) is 58.9 Å². The molecule has 1 fully saturated rings. The van der Waals surface area contributed by atoms with Gasteiger partial charge in [-0.15, -0.1) is 0 Å². The van der Waals surface area contributed by atoms with E-state index in [1.807, 2.05) is 0 Å². The fourth-order valence-corrected chi connectivity index (χ4v) is 7.06. The van der Waals surface area contributed by atoms with Crippen LogP contribution in [0.1, 0.15) is 60.8 Å². The summed E-state index contributed by atoms with van der Waals surface area (Å²) in [6.45, 7) is 13.1.